The molecule has 3 heteroatoms. The molecule has 1 aliphatic rings. The molecule has 0 amide bonds. The van der Waals surface area contributed by atoms with E-state index in [0.717, 1.165) is 28.6 Å². The molecule has 19 heavy (non-hydrogen) atoms. The third-order valence-electron chi connectivity index (χ3n) is 3.53. The zero-order valence-corrected chi connectivity index (χ0v) is 12.2. The summed E-state index contributed by atoms with van der Waals surface area (Å²) in [5.74, 6) is 0.924. The van der Waals surface area contributed by atoms with E-state index in [9.17, 15) is 0 Å². The van der Waals surface area contributed by atoms with E-state index in [0.29, 0.717) is 6.61 Å². The Labute approximate surface area is 121 Å². The summed E-state index contributed by atoms with van der Waals surface area (Å²) in [6.07, 6.45) is 2.11. The molecule has 2 aromatic rings. The molecule has 0 bridgehead atoms. The Balaban J connectivity index is 1.71. The summed E-state index contributed by atoms with van der Waals surface area (Å²) in [7, 11) is 0. The molecule has 0 aromatic heterocycles. The van der Waals surface area contributed by atoms with E-state index < -0.39 is 0 Å². The molecule has 1 aliphatic carbocycles. The minimum atomic E-state index is 0.203. The lowest BCUT2D eigenvalue weighted by atomic mass is 10.1. The van der Waals surface area contributed by atoms with Crippen molar-refractivity contribution >= 4 is 15.9 Å². The molecule has 0 spiro atoms. The first-order chi connectivity index (χ1) is 9.22. The number of ether oxygens (including phenoxy) is 1. The van der Waals surface area contributed by atoms with Gasteiger partial charge in [0.2, 0.25) is 0 Å². The Morgan fingerprint density at radius 1 is 1.21 bits per heavy atom. The topological polar surface area (TPSA) is 35.2 Å². The van der Waals surface area contributed by atoms with Crippen LogP contribution in [0.5, 0.6) is 5.75 Å². The molecular weight excluding hydrogens is 302 g/mol. The predicted molar refractivity (Wildman–Crippen MR) is 80.2 cm³/mol. The van der Waals surface area contributed by atoms with Gasteiger partial charge in [-0.3, -0.25) is 0 Å². The summed E-state index contributed by atoms with van der Waals surface area (Å²) in [6.45, 7) is 0.588. The van der Waals surface area contributed by atoms with Crippen LogP contribution in [-0.4, -0.2) is 0 Å². The first-order valence-electron chi connectivity index (χ1n) is 6.48. The summed E-state index contributed by atoms with van der Waals surface area (Å²) >= 11 is 3.47. The smallest absolute Gasteiger partial charge is 0.120 e. The zero-order chi connectivity index (χ0) is 13.2. The second-order valence-electron chi connectivity index (χ2n) is 4.92. The van der Waals surface area contributed by atoms with Crippen LogP contribution in [0.3, 0.4) is 0 Å². The van der Waals surface area contributed by atoms with E-state index in [1.54, 1.807) is 0 Å². The minimum Gasteiger partial charge on any atom is -0.489 e. The fraction of sp³-hybridized carbons (Fsp3) is 0.250. The van der Waals surface area contributed by atoms with Gasteiger partial charge < -0.3 is 10.5 Å². The summed E-state index contributed by atoms with van der Waals surface area (Å²) in [5, 5.41) is 0. The maximum Gasteiger partial charge on any atom is 0.120 e. The highest BCUT2D eigenvalue weighted by atomic mass is 79.9. The Hall–Kier alpha value is -1.32. The van der Waals surface area contributed by atoms with Crippen LogP contribution < -0.4 is 10.5 Å². The van der Waals surface area contributed by atoms with Gasteiger partial charge in [-0.25, -0.2) is 0 Å². The largest absolute Gasteiger partial charge is 0.489 e. The SMILES string of the molecule is NC1CCc2cc(OCc3cccc(Br)c3)ccc21. The van der Waals surface area contributed by atoms with Gasteiger partial charge in [-0.1, -0.05) is 34.1 Å². The molecule has 0 radical (unpaired) electrons. The second kappa shape index (κ2) is 5.35. The average molecular weight is 318 g/mol. The molecule has 0 heterocycles. The van der Waals surface area contributed by atoms with Crippen molar-refractivity contribution in [3.05, 3.63) is 63.6 Å². The number of hydrogen-bond acceptors (Lipinski definition) is 2. The van der Waals surface area contributed by atoms with Crippen LogP contribution in [0.1, 0.15) is 29.2 Å². The average Bonchev–Trinajstić information content (AvgIpc) is 2.78. The van der Waals surface area contributed by atoms with Crippen LogP contribution in [0.25, 0.3) is 0 Å². The van der Waals surface area contributed by atoms with E-state index in [1.807, 2.05) is 18.2 Å². The molecule has 1 unspecified atom stereocenters. The van der Waals surface area contributed by atoms with Crippen molar-refractivity contribution in [1.29, 1.82) is 0 Å². The Kier molecular flexibility index (Phi) is 3.58. The zero-order valence-electron chi connectivity index (χ0n) is 10.6. The number of hydrogen-bond donors (Lipinski definition) is 1. The van der Waals surface area contributed by atoms with Crippen molar-refractivity contribution in [3.8, 4) is 5.75 Å². The van der Waals surface area contributed by atoms with E-state index in [-0.39, 0.29) is 6.04 Å². The fourth-order valence-electron chi connectivity index (χ4n) is 2.51. The van der Waals surface area contributed by atoms with E-state index in [2.05, 4.69) is 40.2 Å². The quantitative estimate of drug-likeness (QED) is 0.929. The van der Waals surface area contributed by atoms with Crippen molar-refractivity contribution in [1.82, 2.24) is 0 Å². The molecule has 0 saturated carbocycles. The van der Waals surface area contributed by atoms with Gasteiger partial charge in [-0.05, 0) is 53.8 Å². The number of nitrogens with two attached hydrogens (primary N) is 1. The molecule has 2 aromatic carbocycles. The molecular formula is C16H16BrNO. The van der Waals surface area contributed by atoms with Crippen molar-refractivity contribution < 1.29 is 4.74 Å². The first-order valence-corrected chi connectivity index (χ1v) is 7.27. The van der Waals surface area contributed by atoms with Crippen molar-refractivity contribution in [2.45, 2.75) is 25.5 Å². The van der Waals surface area contributed by atoms with Crippen LogP contribution >= 0.6 is 15.9 Å². The van der Waals surface area contributed by atoms with E-state index in [4.69, 9.17) is 10.5 Å². The lowest BCUT2D eigenvalue weighted by molar-refractivity contribution is 0.306. The van der Waals surface area contributed by atoms with Gasteiger partial charge in [0.1, 0.15) is 12.4 Å². The monoisotopic (exact) mass is 317 g/mol. The van der Waals surface area contributed by atoms with Gasteiger partial charge in [-0.2, -0.15) is 0 Å². The molecule has 98 valence electrons. The van der Waals surface area contributed by atoms with Gasteiger partial charge in [-0.15, -0.1) is 0 Å². The van der Waals surface area contributed by atoms with Gasteiger partial charge >= 0.3 is 0 Å². The van der Waals surface area contributed by atoms with Gasteiger partial charge in [0.05, 0.1) is 0 Å². The normalized spacial score (nSPS) is 17.3. The summed E-state index contributed by atoms with van der Waals surface area (Å²) in [6, 6.07) is 14.6. The van der Waals surface area contributed by atoms with Gasteiger partial charge in [0.15, 0.2) is 0 Å². The number of benzene rings is 2. The lowest BCUT2D eigenvalue weighted by Crippen LogP contribution is -2.05. The third kappa shape index (κ3) is 2.82. The molecule has 0 aliphatic heterocycles. The van der Waals surface area contributed by atoms with Crippen LogP contribution in [-0.2, 0) is 13.0 Å². The van der Waals surface area contributed by atoms with Crippen LogP contribution in [0.4, 0.5) is 0 Å². The van der Waals surface area contributed by atoms with Crippen molar-refractivity contribution in [2.24, 2.45) is 5.73 Å². The maximum atomic E-state index is 6.03. The van der Waals surface area contributed by atoms with Gasteiger partial charge in [0, 0.05) is 10.5 Å². The van der Waals surface area contributed by atoms with Crippen LogP contribution in [0, 0.1) is 0 Å². The Morgan fingerprint density at radius 2 is 2.11 bits per heavy atom. The summed E-state index contributed by atoms with van der Waals surface area (Å²) in [4.78, 5) is 0. The fourth-order valence-corrected chi connectivity index (χ4v) is 2.96. The molecule has 0 fully saturated rings. The number of fused-ring (bicyclic) bond motifs is 1. The first kappa shape index (κ1) is 12.7. The summed E-state index contributed by atoms with van der Waals surface area (Å²) < 4.78 is 6.92. The lowest BCUT2D eigenvalue weighted by Gasteiger charge is -2.09. The number of aryl methyl sites for hydroxylation is 1. The molecule has 0 saturated heterocycles. The van der Waals surface area contributed by atoms with E-state index in [1.165, 1.54) is 11.1 Å². The Morgan fingerprint density at radius 3 is 2.95 bits per heavy atom. The minimum absolute atomic E-state index is 0.203. The standard InChI is InChI=1S/C16H16BrNO/c17-13-3-1-2-11(8-13)10-19-14-5-6-15-12(9-14)4-7-16(15)18/h1-3,5-6,8-9,16H,4,7,10,18H2. The van der Waals surface area contributed by atoms with E-state index >= 15 is 0 Å². The second-order valence-corrected chi connectivity index (χ2v) is 5.84. The highest BCUT2D eigenvalue weighted by Gasteiger charge is 2.18. The summed E-state index contributed by atoms with van der Waals surface area (Å²) in [5.41, 5.74) is 9.80. The Bertz CT molecular complexity index is 597. The van der Waals surface area contributed by atoms with Crippen LogP contribution in [0.15, 0.2) is 46.9 Å². The van der Waals surface area contributed by atoms with Crippen molar-refractivity contribution in [2.75, 3.05) is 0 Å². The molecule has 3 rings (SSSR count). The van der Waals surface area contributed by atoms with Gasteiger partial charge in [0.25, 0.3) is 0 Å². The number of rotatable bonds is 3. The van der Waals surface area contributed by atoms with Crippen molar-refractivity contribution in [3.63, 3.8) is 0 Å². The predicted octanol–water partition coefficient (Wildman–Crippen LogP) is 3.97. The maximum absolute atomic E-state index is 6.03. The highest BCUT2D eigenvalue weighted by Crippen LogP contribution is 2.32. The molecule has 2 N–H and O–H groups in total. The highest BCUT2D eigenvalue weighted by molar-refractivity contribution is 9.10. The molecule has 1 atom stereocenters. The molecule has 2 nitrogen and oxygen atoms in total. The third-order valence-corrected chi connectivity index (χ3v) is 4.03. The van der Waals surface area contributed by atoms with Crippen LogP contribution in [0.2, 0.25) is 0 Å². The number of halogens is 1.